The Morgan fingerprint density at radius 3 is 2.72 bits per heavy atom. The SMILES string of the molecule is CCNC(=NCCCc1cccc(F)c1)N(C)Cc1cccn1C.I. The second-order valence-corrected chi connectivity index (χ2v) is 5.94. The maximum absolute atomic E-state index is 13.2. The Labute approximate surface area is 167 Å². The largest absolute Gasteiger partial charge is 0.357 e. The number of aromatic nitrogens is 1. The van der Waals surface area contributed by atoms with Gasteiger partial charge in [0.2, 0.25) is 0 Å². The first kappa shape index (κ1) is 21.5. The number of aliphatic imine (C=N–C) groups is 1. The van der Waals surface area contributed by atoms with E-state index in [0.29, 0.717) is 0 Å². The van der Waals surface area contributed by atoms with E-state index in [-0.39, 0.29) is 29.8 Å². The second-order valence-electron chi connectivity index (χ2n) is 5.94. The smallest absolute Gasteiger partial charge is 0.194 e. The first-order valence-corrected chi connectivity index (χ1v) is 8.44. The Morgan fingerprint density at radius 1 is 1.28 bits per heavy atom. The van der Waals surface area contributed by atoms with Crippen LogP contribution in [0.3, 0.4) is 0 Å². The van der Waals surface area contributed by atoms with E-state index in [2.05, 4.69) is 32.8 Å². The fourth-order valence-electron chi connectivity index (χ4n) is 2.61. The highest BCUT2D eigenvalue weighted by molar-refractivity contribution is 14.0. The summed E-state index contributed by atoms with van der Waals surface area (Å²) < 4.78 is 15.3. The number of guanidine groups is 1. The van der Waals surface area contributed by atoms with Gasteiger partial charge < -0.3 is 14.8 Å². The quantitative estimate of drug-likeness (QED) is 0.296. The van der Waals surface area contributed by atoms with Crippen LogP contribution in [-0.2, 0) is 20.0 Å². The number of nitrogens with zero attached hydrogens (tertiary/aromatic N) is 3. The Hall–Kier alpha value is -1.57. The molecule has 0 aliphatic heterocycles. The predicted octanol–water partition coefficient (Wildman–Crippen LogP) is 3.81. The lowest BCUT2D eigenvalue weighted by Gasteiger charge is -2.22. The highest BCUT2D eigenvalue weighted by atomic mass is 127. The van der Waals surface area contributed by atoms with Crippen LogP contribution < -0.4 is 5.32 Å². The van der Waals surface area contributed by atoms with E-state index in [1.54, 1.807) is 12.1 Å². The number of halogens is 2. The van der Waals surface area contributed by atoms with Gasteiger partial charge in [-0.2, -0.15) is 0 Å². The number of nitrogens with one attached hydrogen (secondary N) is 1. The van der Waals surface area contributed by atoms with E-state index in [0.717, 1.165) is 44.0 Å². The van der Waals surface area contributed by atoms with E-state index >= 15 is 0 Å². The standard InChI is InChI=1S/C19H27FN4.HI/c1-4-21-19(24(3)15-18-11-7-13-23(18)2)22-12-6-9-16-8-5-10-17(20)14-16;/h5,7-8,10-11,13-14H,4,6,9,12,15H2,1-3H3,(H,21,22);1H. The highest BCUT2D eigenvalue weighted by Gasteiger charge is 2.08. The highest BCUT2D eigenvalue weighted by Crippen LogP contribution is 2.07. The van der Waals surface area contributed by atoms with Crippen molar-refractivity contribution < 1.29 is 4.39 Å². The molecule has 0 saturated heterocycles. The van der Waals surface area contributed by atoms with Gasteiger partial charge in [0.05, 0.1) is 6.54 Å². The Bertz CT molecular complexity index is 669. The van der Waals surface area contributed by atoms with Gasteiger partial charge in [-0.25, -0.2) is 4.39 Å². The zero-order valence-corrected chi connectivity index (χ0v) is 17.5. The van der Waals surface area contributed by atoms with Crippen LogP contribution in [0.15, 0.2) is 47.6 Å². The Balaban J connectivity index is 0.00000312. The van der Waals surface area contributed by atoms with Gasteiger partial charge in [0.1, 0.15) is 5.82 Å². The average molecular weight is 458 g/mol. The maximum atomic E-state index is 13.2. The van der Waals surface area contributed by atoms with Crippen LogP contribution in [0.25, 0.3) is 0 Å². The second kappa shape index (κ2) is 11.1. The predicted molar refractivity (Wildman–Crippen MR) is 113 cm³/mol. The number of aryl methyl sites for hydroxylation is 2. The zero-order chi connectivity index (χ0) is 17.4. The van der Waals surface area contributed by atoms with Crippen LogP contribution in [0.4, 0.5) is 4.39 Å². The first-order valence-electron chi connectivity index (χ1n) is 8.44. The zero-order valence-electron chi connectivity index (χ0n) is 15.2. The van der Waals surface area contributed by atoms with E-state index in [1.807, 2.05) is 32.4 Å². The normalized spacial score (nSPS) is 11.1. The molecule has 0 aliphatic carbocycles. The first-order chi connectivity index (χ1) is 11.6. The summed E-state index contributed by atoms with van der Waals surface area (Å²) in [5.41, 5.74) is 2.26. The number of hydrogen-bond acceptors (Lipinski definition) is 1. The number of rotatable bonds is 7. The van der Waals surface area contributed by atoms with Gasteiger partial charge in [-0.1, -0.05) is 12.1 Å². The van der Waals surface area contributed by atoms with Crippen molar-refractivity contribution >= 4 is 29.9 Å². The summed E-state index contributed by atoms with van der Waals surface area (Å²) in [5.74, 6) is 0.726. The van der Waals surface area contributed by atoms with Crippen LogP contribution in [0.2, 0.25) is 0 Å². The summed E-state index contributed by atoms with van der Waals surface area (Å²) in [5, 5.41) is 3.33. The lowest BCUT2D eigenvalue weighted by Crippen LogP contribution is -2.38. The van der Waals surface area contributed by atoms with E-state index in [4.69, 9.17) is 0 Å². The third kappa shape index (κ3) is 7.05. The molecule has 0 unspecified atom stereocenters. The summed E-state index contributed by atoms with van der Waals surface area (Å²) in [6.07, 6.45) is 3.78. The molecule has 0 fully saturated rings. The molecular weight excluding hydrogens is 430 g/mol. The van der Waals surface area contributed by atoms with Crippen LogP contribution in [0.1, 0.15) is 24.6 Å². The molecule has 0 bridgehead atoms. The topological polar surface area (TPSA) is 32.6 Å². The van der Waals surface area contributed by atoms with Crippen molar-refractivity contribution in [3.63, 3.8) is 0 Å². The summed E-state index contributed by atoms with van der Waals surface area (Å²) in [6.45, 7) is 4.42. The fourth-order valence-corrected chi connectivity index (χ4v) is 2.61. The van der Waals surface area contributed by atoms with Crippen molar-refractivity contribution in [1.82, 2.24) is 14.8 Å². The lowest BCUT2D eigenvalue weighted by atomic mass is 10.1. The minimum atomic E-state index is -0.174. The molecule has 0 spiro atoms. The van der Waals surface area contributed by atoms with E-state index < -0.39 is 0 Å². The van der Waals surface area contributed by atoms with Crippen molar-refractivity contribution in [2.45, 2.75) is 26.3 Å². The van der Waals surface area contributed by atoms with Crippen LogP contribution in [-0.4, -0.2) is 35.6 Å². The van der Waals surface area contributed by atoms with Crippen molar-refractivity contribution in [3.8, 4) is 0 Å². The number of benzene rings is 1. The molecule has 0 aliphatic rings. The van der Waals surface area contributed by atoms with E-state index in [9.17, 15) is 4.39 Å². The Kier molecular flexibility index (Phi) is 9.55. The molecule has 4 nitrogen and oxygen atoms in total. The summed E-state index contributed by atoms with van der Waals surface area (Å²) in [7, 11) is 4.09. The fraction of sp³-hybridized carbons (Fsp3) is 0.421. The molecule has 2 rings (SSSR count). The molecule has 0 radical (unpaired) electrons. The van der Waals surface area contributed by atoms with Gasteiger partial charge in [-0.3, -0.25) is 4.99 Å². The third-order valence-corrected chi connectivity index (χ3v) is 3.92. The van der Waals surface area contributed by atoms with Gasteiger partial charge in [-0.15, -0.1) is 24.0 Å². The van der Waals surface area contributed by atoms with Gasteiger partial charge in [0, 0.05) is 39.1 Å². The summed E-state index contributed by atoms with van der Waals surface area (Å²) in [4.78, 5) is 6.82. The minimum absolute atomic E-state index is 0. The molecule has 0 saturated carbocycles. The van der Waals surface area contributed by atoms with Gasteiger partial charge >= 0.3 is 0 Å². The summed E-state index contributed by atoms with van der Waals surface area (Å²) in [6, 6.07) is 10.9. The molecule has 1 aromatic carbocycles. The monoisotopic (exact) mass is 458 g/mol. The van der Waals surface area contributed by atoms with Crippen LogP contribution >= 0.6 is 24.0 Å². The van der Waals surface area contributed by atoms with Crippen LogP contribution in [0.5, 0.6) is 0 Å². The number of hydrogen-bond donors (Lipinski definition) is 1. The van der Waals surface area contributed by atoms with Crippen molar-refractivity contribution in [1.29, 1.82) is 0 Å². The van der Waals surface area contributed by atoms with Crippen molar-refractivity contribution in [3.05, 3.63) is 59.7 Å². The molecule has 25 heavy (non-hydrogen) atoms. The summed E-state index contributed by atoms with van der Waals surface area (Å²) >= 11 is 0. The Morgan fingerprint density at radius 2 is 2.08 bits per heavy atom. The third-order valence-electron chi connectivity index (χ3n) is 3.92. The average Bonchev–Trinajstić information content (AvgIpc) is 2.95. The molecular formula is C19H28FIN4. The molecule has 1 N–H and O–H groups in total. The lowest BCUT2D eigenvalue weighted by molar-refractivity contribution is 0.461. The minimum Gasteiger partial charge on any atom is -0.357 e. The van der Waals surface area contributed by atoms with Gasteiger partial charge in [0.25, 0.3) is 0 Å². The van der Waals surface area contributed by atoms with E-state index in [1.165, 1.54) is 11.8 Å². The van der Waals surface area contributed by atoms with Crippen molar-refractivity contribution in [2.24, 2.45) is 12.0 Å². The van der Waals surface area contributed by atoms with Gasteiger partial charge in [0.15, 0.2) is 5.96 Å². The van der Waals surface area contributed by atoms with Crippen molar-refractivity contribution in [2.75, 3.05) is 20.1 Å². The molecule has 2 aromatic rings. The molecule has 0 amide bonds. The maximum Gasteiger partial charge on any atom is 0.194 e. The molecule has 6 heteroatoms. The molecule has 138 valence electrons. The van der Waals surface area contributed by atoms with Crippen LogP contribution in [0, 0.1) is 5.82 Å². The molecule has 1 heterocycles. The molecule has 1 aromatic heterocycles. The van der Waals surface area contributed by atoms with Gasteiger partial charge in [-0.05, 0) is 49.6 Å². The molecule has 0 atom stereocenters.